The highest BCUT2D eigenvalue weighted by molar-refractivity contribution is 7.89. The normalized spacial score (nSPS) is 16.2. The van der Waals surface area contributed by atoms with Gasteiger partial charge in [0.05, 0.1) is 27.3 Å². The van der Waals surface area contributed by atoms with E-state index in [1.807, 2.05) is 0 Å². The molecule has 2 unspecified atom stereocenters. The van der Waals surface area contributed by atoms with Crippen molar-refractivity contribution >= 4 is 45.1 Å². The maximum absolute atomic E-state index is 13.8. The monoisotopic (exact) mass is 618 g/mol. The van der Waals surface area contributed by atoms with Gasteiger partial charge in [-0.1, -0.05) is 41.4 Å². The second-order valence-corrected chi connectivity index (χ2v) is 11.7. The number of nitro groups is 1. The van der Waals surface area contributed by atoms with Gasteiger partial charge in [0.25, 0.3) is 17.5 Å². The Morgan fingerprint density at radius 3 is 2.48 bits per heavy atom. The SMILES string of the molecule is Cc1cccc(C(=O)N2CCN(S(=O)(=O)c3ccc(F)c(Cl)c3)C2C(=O)NC(CC(=O)O)c2cccc([N+](=O)[O-])c2)c1. The quantitative estimate of drug-likeness (QED) is 0.271. The van der Waals surface area contributed by atoms with Gasteiger partial charge >= 0.3 is 5.97 Å². The van der Waals surface area contributed by atoms with Crippen molar-refractivity contribution in [2.75, 3.05) is 13.1 Å². The minimum absolute atomic E-state index is 0.0780. The highest BCUT2D eigenvalue weighted by Gasteiger charge is 2.47. The van der Waals surface area contributed by atoms with Crippen LogP contribution in [-0.2, 0) is 19.6 Å². The molecule has 0 aromatic heterocycles. The Bertz CT molecular complexity index is 1690. The Morgan fingerprint density at radius 2 is 1.83 bits per heavy atom. The van der Waals surface area contributed by atoms with Crippen molar-refractivity contribution < 1.29 is 37.2 Å². The Labute approximate surface area is 244 Å². The number of amides is 2. The summed E-state index contributed by atoms with van der Waals surface area (Å²) in [4.78, 5) is 50.2. The minimum atomic E-state index is -4.55. The number of carboxylic acids is 1. The number of hydrogen-bond acceptors (Lipinski definition) is 7. The number of nitrogens with one attached hydrogen (secondary N) is 1. The first kappa shape index (κ1) is 30.6. The summed E-state index contributed by atoms with van der Waals surface area (Å²) in [6.07, 6.45) is -2.49. The van der Waals surface area contributed by atoms with Crippen LogP contribution < -0.4 is 5.32 Å². The lowest BCUT2D eigenvalue weighted by atomic mass is 10.0. The average Bonchev–Trinajstić information content (AvgIpc) is 3.40. The molecule has 3 aromatic rings. The number of carbonyl (C=O) groups excluding carboxylic acids is 2. The van der Waals surface area contributed by atoms with Gasteiger partial charge in [-0.25, -0.2) is 12.8 Å². The van der Waals surface area contributed by atoms with Crippen molar-refractivity contribution in [1.29, 1.82) is 0 Å². The van der Waals surface area contributed by atoms with Gasteiger partial charge in [0.15, 0.2) is 6.17 Å². The molecule has 0 bridgehead atoms. The number of carbonyl (C=O) groups is 3. The van der Waals surface area contributed by atoms with E-state index in [0.717, 1.165) is 39.0 Å². The van der Waals surface area contributed by atoms with E-state index in [9.17, 15) is 42.4 Å². The number of sulfonamides is 1. The van der Waals surface area contributed by atoms with E-state index in [1.54, 1.807) is 25.1 Å². The summed E-state index contributed by atoms with van der Waals surface area (Å²) in [6, 6.07) is 12.8. The van der Waals surface area contributed by atoms with Gasteiger partial charge in [0.1, 0.15) is 5.82 Å². The van der Waals surface area contributed by atoms with Gasteiger partial charge in [-0.2, -0.15) is 4.31 Å². The van der Waals surface area contributed by atoms with Gasteiger partial charge in [-0.15, -0.1) is 0 Å². The number of non-ortho nitro benzene ring substituents is 1. The number of hydrogen-bond donors (Lipinski definition) is 2. The number of aryl methyl sites for hydroxylation is 1. The average molecular weight is 619 g/mol. The maximum atomic E-state index is 13.8. The molecule has 2 amide bonds. The van der Waals surface area contributed by atoms with E-state index < -0.39 is 67.1 Å². The third kappa shape index (κ3) is 6.40. The molecular formula is C27H24ClFN4O8S. The van der Waals surface area contributed by atoms with Crippen LogP contribution in [0.3, 0.4) is 0 Å². The molecule has 42 heavy (non-hydrogen) atoms. The van der Waals surface area contributed by atoms with E-state index in [1.165, 1.54) is 24.3 Å². The molecule has 1 aliphatic rings. The lowest BCUT2D eigenvalue weighted by molar-refractivity contribution is -0.384. The molecule has 0 aliphatic carbocycles. The summed E-state index contributed by atoms with van der Waals surface area (Å²) >= 11 is 5.81. The van der Waals surface area contributed by atoms with Crippen LogP contribution in [0.25, 0.3) is 0 Å². The molecule has 1 aliphatic heterocycles. The number of aliphatic carboxylic acids is 1. The largest absolute Gasteiger partial charge is 0.481 e. The number of carboxylic acid groups (broad SMARTS) is 1. The van der Waals surface area contributed by atoms with Crippen molar-refractivity contribution in [2.24, 2.45) is 0 Å². The topological polar surface area (TPSA) is 167 Å². The number of halogens is 2. The summed E-state index contributed by atoms with van der Waals surface area (Å²) in [7, 11) is -4.55. The number of nitrogens with zero attached hydrogens (tertiary/aromatic N) is 3. The summed E-state index contributed by atoms with van der Waals surface area (Å²) in [5, 5.41) is 22.8. The molecule has 2 N–H and O–H groups in total. The van der Waals surface area contributed by atoms with E-state index in [0.29, 0.717) is 0 Å². The minimum Gasteiger partial charge on any atom is -0.481 e. The standard InChI is InChI=1S/C27H24ClFN4O8S/c1-16-4-2-6-18(12-16)27(37)31-10-11-32(42(40,41)20-8-9-22(29)21(28)14-20)26(31)25(36)30-23(15-24(34)35)17-5-3-7-19(13-17)33(38)39/h2-9,12-14,23,26H,10-11,15H2,1H3,(H,30,36)(H,34,35). The fourth-order valence-electron chi connectivity index (χ4n) is 4.59. The molecule has 12 nitrogen and oxygen atoms in total. The molecule has 15 heteroatoms. The highest BCUT2D eigenvalue weighted by atomic mass is 35.5. The molecule has 4 rings (SSSR count). The first-order valence-electron chi connectivity index (χ1n) is 12.4. The summed E-state index contributed by atoms with van der Waals surface area (Å²) < 4.78 is 41.9. The van der Waals surface area contributed by atoms with Crippen molar-refractivity contribution in [3.05, 3.63) is 104 Å². The van der Waals surface area contributed by atoms with Crippen molar-refractivity contribution in [3.63, 3.8) is 0 Å². The lowest BCUT2D eigenvalue weighted by Crippen LogP contribution is -2.54. The van der Waals surface area contributed by atoms with Crippen LogP contribution in [0.1, 0.15) is 33.9 Å². The molecule has 0 spiro atoms. The molecular weight excluding hydrogens is 595 g/mol. The molecule has 0 radical (unpaired) electrons. The second-order valence-electron chi connectivity index (χ2n) is 9.44. The summed E-state index contributed by atoms with van der Waals surface area (Å²) in [5.74, 6) is -3.94. The van der Waals surface area contributed by atoms with E-state index >= 15 is 0 Å². The molecule has 0 saturated carbocycles. The predicted molar refractivity (Wildman–Crippen MR) is 148 cm³/mol. The van der Waals surface area contributed by atoms with Crippen molar-refractivity contribution in [1.82, 2.24) is 14.5 Å². The van der Waals surface area contributed by atoms with Crippen LogP contribution in [0.2, 0.25) is 5.02 Å². The zero-order valence-electron chi connectivity index (χ0n) is 21.9. The zero-order chi connectivity index (χ0) is 30.8. The third-order valence-electron chi connectivity index (χ3n) is 6.57. The fourth-order valence-corrected chi connectivity index (χ4v) is 6.40. The van der Waals surface area contributed by atoms with Gasteiger partial charge in [0.2, 0.25) is 10.0 Å². The second kappa shape index (κ2) is 12.2. The summed E-state index contributed by atoms with van der Waals surface area (Å²) in [6.45, 7) is 1.21. The maximum Gasteiger partial charge on any atom is 0.305 e. The van der Waals surface area contributed by atoms with Crippen LogP contribution in [0.5, 0.6) is 0 Å². The highest BCUT2D eigenvalue weighted by Crippen LogP contribution is 2.30. The van der Waals surface area contributed by atoms with E-state index in [4.69, 9.17) is 11.6 Å². The van der Waals surface area contributed by atoms with Crippen LogP contribution >= 0.6 is 11.6 Å². The predicted octanol–water partition coefficient (Wildman–Crippen LogP) is 3.50. The van der Waals surface area contributed by atoms with Gasteiger partial charge < -0.3 is 15.3 Å². The first-order valence-corrected chi connectivity index (χ1v) is 14.2. The van der Waals surface area contributed by atoms with Crippen molar-refractivity contribution in [2.45, 2.75) is 30.4 Å². The molecule has 1 heterocycles. The van der Waals surface area contributed by atoms with Gasteiger partial charge in [0, 0.05) is 30.8 Å². The van der Waals surface area contributed by atoms with E-state index in [2.05, 4.69) is 5.32 Å². The Kier molecular flexibility index (Phi) is 8.89. The first-order chi connectivity index (χ1) is 19.8. The van der Waals surface area contributed by atoms with Crippen LogP contribution in [-0.4, -0.2) is 64.7 Å². The van der Waals surface area contributed by atoms with Crippen molar-refractivity contribution in [3.8, 4) is 0 Å². The van der Waals surface area contributed by atoms with Crippen LogP contribution in [0, 0.1) is 22.9 Å². The smallest absolute Gasteiger partial charge is 0.305 e. The number of nitro benzene ring substituents is 1. The van der Waals surface area contributed by atoms with Gasteiger partial charge in [-0.05, 0) is 42.8 Å². The molecule has 220 valence electrons. The third-order valence-corrected chi connectivity index (χ3v) is 8.70. The zero-order valence-corrected chi connectivity index (χ0v) is 23.5. The Morgan fingerprint density at radius 1 is 1.12 bits per heavy atom. The molecule has 3 aromatic carbocycles. The van der Waals surface area contributed by atoms with E-state index in [-0.39, 0.29) is 29.9 Å². The van der Waals surface area contributed by atoms with Crippen LogP contribution in [0.4, 0.5) is 10.1 Å². The Hall–Kier alpha value is -4.40. The van der Waals surface area contributed by atoms with Gasteiger partial charge in [-0.3, -0.25) is 24.5 Å². The molecule has 1 saturated heterocycles. The number of rotatable bonds is 9. The van der Waals surface area contributed by atoms with Crippen LogP contribution in [0.15, 0.2) is 71.6 Å². The lowest BCUT2D eigenvalue weighted by Gasteiger charge is -2.30. The fraction of sp³-hybridized carbons (Fsp3) is 0.222. The molecule has 2 atom stereocenters. The Balaban J connectivity index is 1.76. The number of benzene rings is 3. The summed E-state index contributed by atoms with van der Waals surface area (Å²) in [5.41, 5.74) is 0.636. The molecule has 1 fully saturated rings.